The lowest BCUT2D eigenvalue weighted by molar-refractivity contribution is -0.149. The molecule has 3 nitrogen and oxygen atoms in total. The number of rotatable bonds is 5. The van der Waals surface area contributed by atoms with Gasteiger partial charge in [0.15, 0.2) is 0 Å². The maximum absolute atomic E-state index is 13.4. The second kappa shape index (κ2) is 10.6. The standard InChI is InChI=1S/C22H24ClF3N2O.2ClH/c1-29-20-11-13-5-6-18(22(24,25)26)17(13)10-15(20)12-28-19-7-8-27-21(19)14-3-2-4-16(23)9-14;;/h2-4,9-11,18-19,21,27-28H,5-8,12H2,1H3;2*1H. The number of benzene rings is 2. The second-order valence-corrected chi connectivity index (χ2v) is 8.20. The van der Waals surface area contributed by atoms with E-state index < -0.39 is 12.1 Å². The summed E-state index contributed by atoms with van der Waals surface area (Å²) in [4.78, 5) is 0. The number of halogens is 6. The van der Waals surface area contributed by atoms with Crippen molar-refractivity contribution in [2.75, 3.05) is 13.7 Å². The first kappa shape index (κ1) is 26.1. The molecule has 9 heteroatoms. The fourth-order valence-electron chi connectivity index (χ4n) is 4.56. The van der Waals surface area contributed by atoms with E-state index in [9.17, 15) is 13.2 Å². The molecule has 0 spiro atoms. The first-order valence-corrected chi connectivity index (χ1v) is 10.2. The zero-order valence-corrected chi connectivity index (χ0v) is 19.4. The number of aryl methyl sites for hydroxylation is 1. The number of fused-ring (bicyclic) bond motifs is 1. The molecule has 2 aliphatic rings. The van der Waals surface area contributed by atoms with E-state index in [1.165, 1.54) is 0 Å². The molecule has 2 N–H and O–H groups in total. The molecular weight excluding hydrogens is 472 g/mol. The molecule has 0 amide bonds. The van der Waals surface area contributed by atoms with Crippen molar-refractivity contribution in [3.63, 3.8) is 0 Å². The van der Waals surface area contributed by atoms with Gasteiger partial charge in [-0.3, -0.25) is 0 Å². The van der Waals surface area contributed by atoms with Crippen LogP contribution < -0.4 is 15.4 Å². The Morgan fingerprint density at radius 1 is 1.16 bits per heavy atom. The third-order valence-electron chi connectivity index (χ3n) is 6.00. The predicted octanol–water partition coefficient (Wildman–Crippen LogP) is 5.98. The molecule has 1 heterocycles. The van der Waals surface area contributed by atoms with Gasteiger partial charge >= 0.3 is 6.18 Å². The molecule has 4 rings (SSSR count). The second-order valence-electron chi connectivity index (χ2n) is 7.76. The molecule has 2 aromatic carbocycles. The van der Waals surface area contributed by atoms with Gasteiger partial charge in [0.25, 0.3) is 0 Å². The SMILES string of the molecule is COc1cc2c(cc1CNC1CCNC1c1cccc(Cl)c1)C(C(F)(F)F)CC2.Cl.Cl. The molecule has 3 atom stereocenters. The van der Waals surface area contributed by atoms with Crippen LogP contribution in [-0.4, -0.2) is 25.9 Å². The van der Waals surface area contributed by atoms with Crippen LogP contribution in [0.15, 0.2) is 36.4 Å². The first-order valence-electron chi connectivity index (χ1n) is 9.85. The van der Waals surface area contributed by atoms with Gasteiger partial charge in [-0.05, 0) is 66.8 Å². The molecule has 1 aliphatic carbocycles. The summed E-state index contributed by atoms with van der Waals surface area (Å²) in [5.41, 5.74) is 3.00. The monoisotopic (exact) mass is 496 g/mol. The highest BCUT2D eigenvalue weighted by Gasteiger charge is 2.44. The van der Waals surface area contributed by atoms with Crippen LogP contribution >= 0.6 is 36.4 Å². The van der Waals surface area contributed by atoms with Crippen LogP contribution in [0.2, 0.25) is 5.02 Å². The Hall–Kier alpha value is -1.18. The Balaban J connectivity index is 0.00000171. The molecule has 172 valence electrons. The lowest BCUT2D eigenvalue weighted by Gasteiger charge is -2.23. The molecule has 3 unspecified atom stereocenters. The van der Waals surface area contributed by atoms with E-state index in [-0.39, 0.29) is 43.3 Å². The van der Waals surface area contributed by atoms with Crippen LogP contribution in [0.3, 0.4) is 0 Å². The number of nitrogens with one attached hydrogen (secondary N) is 2. The van der Waals surface area contributed by atoms with Crippen molar-refractivity contribution in [1.82, 2.24) is 10.6 Å². The average Bonchev–Trinajstić information content (AvgIpc) is 3.31. The van der Waals surface area contributed by atoms with Crippen molar-refractivity contribution in [2.24, 2.45) is 0 Å². The van der Waals surface area contributed by atoms with E-state index in [1.54, 1.807) is 19.2 Å². The lowest BCUT2D eigenvalue weighted by atomic mass is 9.97. The quantitative estimate of drug-likeness (QED) is 0.533. The van der Waals surface area contributed by atoms with Gasteiger partial charge in [0.05, 0.1) is 13.0 Å². The van der Waals surface area contributed by atoms with Gasteiger partial charge in [0, 0.05) is 29.2 Å². The van der Waals surface area contributed by atoms with Crippen molar-refractivity contribution in [1.29, 1.82) is 0 Å². The Labute approximate surface area is 197 Å². The van der Waals surface area contributed by atoms with Gasteiger partial charge < -0.3 is 15.4 Å². The highest BCUT2D eigenvalue weighted by atomic mass is 35.5. The topological polar surface area (TPSA) is 33.3 Å². The fourth-order valence-corrected chi connectivity index (χ4v) is 4.76. The molecule has 2 aromatic rings. The molecule has 0 saturated carbocycles. The van der Waals surface area contributed by atoms with Gasteiger partial charge in [0.1, 0.15) is 5.75 Å². The molecule has 1 aliphatic heterocycles. The summed E-state index contributed by atoms with van der Waals surface area (Å²) in [6, 6.07) is 11.5. The lowest BCUT2D eigenvalue weighted by Crippen LogP contribution is -2.34. The predicted molar refractivity (Wildman–Crippen MR) is 122 cm³/mol. The van der Waals surface area contributed by atoms with Gasteiger partial charge in [0.2, 0.25) is 0 Å². The maximum Gasteiger partial charge on any atom is 0.395 e. The normalized spacial score (nSPS) is 22.4. The summed E-state index contributed by atoms with van der Waals surface area (Å²) >= 11 is 6.13. The van der Waals surface area contributed by atoms with E-state index in [2.05, 4.69) is 10.6 Å². The summed E-state index contributed by atoms with van der Waals surface area (Å²) < 4.78 is 45.7. The minimum atomic E-state index is -4.21. The van der Waals surface area contributed by atoms with Crippen molar-refractivity contribution < 1.29 is 17.9 Å². The Bertz CT molecular complexity index is 895. The largest absolute Gasteiger partial charge is 0.496 e. The van der Waals surface area contributed by atoms with Crippen molar-refractivity contribution in [2.45, 2.75) is 50.0 Å². The summed E-state index contributed by atoms with van der Waals surface area (Å²) in [5, 5.41) is 7.69. The number of ether oxygens (including phenoxy) is 1. The van der Waals surface area contributed by atoms with Crippen LogP contribution in [0.4, 0.5) is 13.2 Å². The molecule has 0 aromatic heterocycles. The molecule has 1 saturated heterocycles. The van der Waals surface area contributed by atoms with Gasteiger partial charge in [-0.25, -0.2) is 0 Å². The molecule has 0 radical (unpaired) electrons. The Morgan fingerprint density at radius 3 is 2.61 bits per heavy atom. The maximum atomic E-state index is 13.4. The Kier molecular flexibility index (Phi) is 8.94. The smallest absolute Gasteiger partial charge is 0.395 e. The van der Waals surface area contributed by atoms with Crippen LogP contribution in [0.1, 0.15) is 47.1 Å². The average molecular weight is 498 g/mol. The van der Waals surface area contributed by atoms with E-state index in [4.69, 9.17) is 16.3 Å². The third-order valence-corrected chi connectivity index (χ3v) is 6.23. The van der Waals surface area contributed by atoms with Crippen LogP contribution in [0.5, 0.6) is 5.75 Å². The van der Waals surface area contributed by atoms with Crippen LogP contribution in [-0.2, 0) is 13.0 Å². The zero-order chi connectivity index (χ0) is 20.6. The fraction of sp³-hybridized carbons (Fsp3) is 0.455. The van der Waals surface area contributed by atoms with Crippen LogP contribution in [0, 0.1) is 0 Å². The summed E-state index contributed by atoms with van der Waals surface area (Å²) in [5.74, 6) is -0.737. The third kappa shape index (κ3) is 5.60. The van der Waals surface area contributed by atoms with Crippen LogP contribution in [0.25, 0.3) is 0 Å². The summed E-state index contributed by atoms with van der Waals surface area (Å²) in [7, 11) is 1.56. The molecule has 0 bridgehead atoms. The van der Waals surface area contributed by atoms with E-state index >= 15 is 0 Å². The minimum Gasteiger partial charge on any atom is -0.496 e. The van der Waals surface area contributed by atoms with Gasteiger partial charge in [-0.2, -0.15) is 13.2 Å². The van der Waals surface area contributed by atoms with E-state index in [0.29, 0.717) is 29.3 Å². The van der Waals surface area contributed by atoms with Crippen molar-refractivity contribution in [3.8, 4) is 5.75 Å². The van der Waals surface area contributed by atoms with Gasteiger partial charge in [-0.15, -0.1) is 24.8 Å². The summed E-state index contributed by atoms with van der Waals surface area (Å²) in [6.45, 7) is 1.32. The van der Waals surface area contributed by atoms with Crippen molar-refractivity contribution in [3.05, 3.63) is 63.7 Å². The number of methoxy groups -OCH3 is 1. The highest BCUT2D eigenvalue weighted by Crippen LogP contribution is 2.46. The number of alkyl halides is 3. The number of hydrogen-bond acceptors (Lipinski definition) is 3. The molecular formula is C22H26Cl3F3N2O. The summed E-state index contributed by atoms with van der Waals surface area (Å²) in [6.07, 6.45) is -2.73. The van der Waals surface area contributed by atoms with Crippen molar-refractivity contribution >= 4 is 36.4 Å². The van der Waals surface area contributed by atoms with E-state index in [1.807, 2.05) is 24.3 Å². The zero-order valence-electron chi connectivity index (χ0n) is 17.0. The molecule has 31 heavy (non-hydrogen) atoms. The van der Waals surface area contributed by atoms with E-state index in [0.717, 1.165) is 29.7 Å². The Morgan fingerprint density at radius 2 is 1.94 bits per heavy atom. The minimum absolute atomic E-state index is 0. The highest BCUT2D eigenvalue weighted by molar-refractivity contribution is 6.30. The first-order chi connectivity index (χ1) is 13.9. The number of hydrogen-bond donors (Lipinski definition) is 2. The molecule has 1 fully saturated rings. The van der Waals surface area contributed by atoms with Gasteiger partial charge in [-0.1, -0.05) is 23.7 Å².